The lowest BCUT2D eigenvalue weighted by Gasteiger charge is -2.20. The van der Waals surface area contributed by atoms with Crippen LogP contribution in [0.1, 0.15) is 25.8 Å². The molecule has 0 amide bonds. The Kier molecular flexibility index (Phi) is 4.10. The minimum atomic E-state index is 0.222. The van der Waals surface area contributed by atoms with Crippen molar-refractivity contribution in [3.05, 3.63) is 28.2 Å². The van der Waals surface area contributed by atoms with Crippen molar-refractivity contribution in [1.82, 2.24) is 0 Å². The summed E-state index contributed by atoms with van der Waals surface area (Å²) in [6, 6.07) is 6.85. The first kappa shape index (κ1) is 12.9. The molecule has 0 aromatic heterocycles. The van der Waals surface area contributed by atoms with Crippen molar-refractivity contribution in [2.45, 2.75) is 32.7 Å². The van der Waals surface area contributed by atoms with Crippen LogP contribution in [0, 0.1) is 5.92 Å². The van der Waals surface area contributed by atoms with Gasteiger partial charge in [-0.25, -0.2) is 0 Å². The van der Waals surface area contributed by atoms with Gasteiger partial charge in [0.2, 0.25) is 0 Å². The predicted molar refractivity (Wildman–Crippen MR) is 77.5 cm³/mol. The number of nitrogens with zero attached hydrogens (tertiary/aromatic N) is 1. The number of rotatable bonds is 3. The van der Waals surface area contributed by atoms with E-state index in [0.29, 0.717) is 0 Å². The Morgan fingerprint density at radius 3 is 2.82 bits per heavy atom. The summed E-state index contributed by atoms with van der Waals surface area (Å²) in [7, 11) is 0. The third kappa shape index (κ3) is 3.23. The Morgan fingerprint density at radius 1 is 1.53 bits per heavy atom. The van der Waals surface area contributed by atoms with Crippen molar-refractivity contribution in [3.63, 3.8) is 0 Å². The molecule has 2 rings (SSSR count). The fraction of sp³-hybridized carbons (Fsp3) is 0.571. The van der Waals surface area contributed by atoms with E-state index in [2.05, 4.69) is 46.0 Å². The van der Waals surface area contributed by atoms with Crippen LogP contribution in [-0.2, 0) is 6.42 Å². The highest BCUT2D eigenvalue weighted by atomic mass is 79.9. The van der Waals surface area contributed by atoms with Gasteiger partial charge in [0.05, 0.1) is 5.69 Å². The summed E-state index contributed by atoms with van der Waals surface area (Å²) >= 11 is 3.68. The normalized spacial score (nSPS) is 21.9. The molecule has 1 aromatic rings. The molecule has 2 nitrogen and oxygen atoms in total. The number of benzene rings is 1. The molecular formula is C14H21BrN2. The smallest absolute Gasteiger partial charge is 0.0510 e. The van der Waals surface area contributed by atoms with Gasteiger partial charge in [-0.2, -0.15) is 0 Å². The van der Waals surface area contributed by atoms with Crippen LogP contribution in [0.3, 0.4) is 0 Å². The molecule has 2 unspecified atom stereocenters. The van der Waals surface area contributed by atoms with E-state index < -0.39 is 0 Å². The zero-order valence-corrected chi connectivity index (χ0v) is 12.2. The number of hydrogen-bond donors (Lipinski definition) is 1. The third-order valence-corrected chi connectivity index (χ3v) is 3.97. The molecule has 0 bridgehead atoms. The highest BCUT2D eigenvalue weighted by Gasteiger charge is 2.20. The van der Waals surface area contributed by atoms with Crippen LogP contribution in [0.5, 0.6) is 0 Å². The maximum Gasteiger partial charge on any atom is 0.0510 e. The number of nitrogens with two attached hydrogens (primary N) is 1. The maximum atomic E-state index is 5.83. The Hall–Kier alpha value is -0.540. The second-order valence-corrected chi connectivity index (χ2v) is 6.16. The van der Waals surface area contributed by atoms with Gasteiger partial charge in [0, 0.05) is 23.6 Å². The van der Waals surface area contributed by atoms with E-state index in [1.54, 1.807) is 0 Å². The van der Waals surface area contributed by atoms with Crippen LogP contribution in [0.4, 0.5) is 5.69 Å². The number of halogens is 1. The summed E-state index contributed by atoms with van der Waals surface area (Å²) in [5.41, 5.74) is 8.46. The van der Waals surface area contributed by atoms with Gasteiger partial charge in [0.25, 0.3) is 0 Å². The van der Waals surface area contributed by atoms with Crippen molar-refractivity contribution in [1.29, 1.82) is 0 Å². The summed E-state index contributed by atoms with van der Waals surface area (Å²) in [5.74, 6) is 0.811. The van der Waals surface area contributed by atoms with Gasteiger partial charge in [-0.05, 0) is 59.3 Å². The summed E-state index contributed by atoms with van der Waals surface area (Å²) in [6.45, 7) is 6.71. The van der Waals surface area contributed by atoms with Crippen molar-refractivity contribution in [2.75, 3.05) is 18.0 Å². The topological polar surface area (TPSA) is 29.3 Å². The largest absolute Gasteiger partial charge is 0.370 e. The predicted octanol–water partition coefficient (Wildman–Crippen LogP) is 3.19. The average Bonchev–Trinajstić information content (AvgIpc) is 2.64. The molecule has 1 saturated heterocycles. The number of hydrogen-bond acceptors (Lipinski definition) is 2. The van der Waals surface area contributed by atoms with Crippen molar-refractivity contribution in [3.8, 4) is 0 Å². The minimum Gasteiger partial charge on any atom is -0.370 e. The van der Waals surface area contributed by atoms with Gasteiger partial charge in [0.1, 0.15) is 0 Å². The van der Waals surface area contributed by atoms with Gasteiger partial charge in [-0.1, -0.05) is 13.0 Å². The Labute approximate surface area is 112 Å². The second-order valence-electron chi connectivity index (χ2n) is 5.31. The molecule has 1 heterocycles. The first-order chi connectivity index (χ1) is 8.06. The van der Waals surface area contributed by atoms with E-state index in [0.717, 1.165) is 12.3 Å². The Balaban J connectivity index is 2.14. The van der Waals surface area contributed by atoms with Crippen molar-refractivity contribution < 1.29 is 0 Å². The fourth-order valence-electron chi connectivity index (χ4n) is 2.46. The van der Waals surface area contributed by atoms with Crippen molar-refractivity contribution >= 4 is 21.6 Å². The van der Waals surface area contributed by atoms with Crippen LogP contribution in [0.2, 0.25) is 0 Å². The maximum absolute atomic E-state index is 5.83. The standard InChI is InChI=1S/C14H21BrN2/c1-10-5-6-17(9-10)14-4-3-12(7-11(2)16)8-13(14)15/h3-4,8,10-11H,5-7,9,16H2,1-2H3. The van der Waals surface area contributed by atoms with Crippen LogP contribution in [-0.4, -0.2) is 19.1 Å². The minimum absolute atomic E-state index is 0.222. The van der Waals surface area contributed by atoms with Gasteiger partial charge in [0.15, 0.2) is 0 Å². The highest BCUT2D eigenvalue weighted by molar-refractivity contribution is 9.10. The molecule has 94 valence electrons. The molecule has 0 aliphatic carbocycles. The molecular weight excluding hydrogens is 276 g/mol. The molecule has 0 saturated carbocycles. The molecule has 1 aliphatic rings. The first-order valence-corrected chi connectivity index (χ1v) is 7.14. The molecule has 1 aliphatic heterocycles. The molecule has 2 atom stereocenters. The van der Waals surface area contributed by atoms with Crippen LogP contribution in [0.15, 0.2) is 22.7 Å². The Bertz CT molecular complexity index is 390. The summed E-state index contributed by atoms with van der Waals surface area (Å²) in [4.78, 5) is 2.46. The molecule has 2 N–H and O–H groups in total. The zero-order valence-electron chi connectivity index (χ0n) is 10.6. The van der Waals surface area contributed by atoms with Crippen molar-refractivity contribution in [2.24, 2.45) is 11.7 Å². The lowest BCUT2D eigenvalue weighted by atomic mass is 10.1. The van der Waals surface area contributed by atoms with E-state index in [-0.39, 0.29) is 6.04 Å². The molecule has 3 heteroatoms. The van der Waals surface area contributed by atoms with E-state index in [1.165, 1.54) is 35.2 Å². The van der Waals surface area contributed by atoms with E-state index >= 15 is 0 Å². The van der Waals surface area contributed by atoms with Gasteiger partial charge in [-0.3, -0.25) is 0 Å². The zero-order chi connectivity index (χ0) is 12.4. The molecule has 1 fully saturated rings. The van der Waals surface area contributed by atoms with E-state index in [4.69, 9.17) is 5.73 Å². The molecule has 0 radical (unpaired) electrons. The lowest BCUT2D eigenvalue weighted by molar-refractivity contribution is 0.659. The SMILES string of the molecule is CC(N)Cc1ccc(N2CCC(C)C2)c(Br)c1. The van der Waals surface area contributed by atoms with Crippen LogP contribution < -0.4 is 10.6 Å². The quantitative estimate of drug-likeness (QED) is 0.928. The van der Waals surface area contributed by atoms with Gasteiger partial charge >= 0.3 is 0 Å². The van der Waals surface area contributed by atoms with Crippen LogP contribution >= 0.6 is 15.9 Å². The average molecular weight is 297 g/mol. The van der Waals surface area contributed by atoms with E-state index in [1.807, 2.05) is 6.92 Å². The Morgan fingerprint density at radius 2 is 2.29 bits per heavy atom. The first-order valence-electron chi connectivity index (χ1n) is 6.35. The fourth-order valence-corrected chi connectivity index (χ4v) is 3.14. The second kappa shape index (κ2) is 5.40. The van der Waals surface area contributed by atoms with Gasteiger partial charge in [-0.15, -0.1) is 0 Å². The third-order valence-electron chi connectivity index (χ3n) is 3.33. The summed E-state index contributed by atoms with van der Waals surface area (Å²) < 4.78 is 1.20. The lowest BCUT2D eigenvalue weighted by Crippen LogP contribution is -2.20. The summed E-state index contributed by atoms with van der Waals surface area (Å²) in [5, 5.41) is 0. The summed E-state index contributed by atoms with van der Waals surface area (Å²) in [6.07, 6.45) is 2.24. The van der Waals surface area contributed by atoms with E-state index in [9.17, 15) is 0 Å². The highest BCUT2D eigenvalue weighted by Crippen LogP contribution is 2.31. The molecule has 0 spiro atoms. The monoisotopic (exact) mass is 296 g/mol. The van der Waals surface area contributed by atoms with Crippen LogP contribution in [0.25, 0.3) is 0 Å². The van der Waals surface area contributed by atoms with Gasteiger partial charge < -0.3 is 10.6 Å². The molecule has 17 heavy (non-hydrogen) atoms. The molecule has 1 aromatic carbocycles. The number of anilines is 1.